The number of benzene rings is 1. The molecule has 0 amide bonds. The van der Waals surface area contributed by atoms with Gasteiger partial charge in [-0.3, -0.25) is 4.79 Å². The summed E-state index contributed by atoms with van der Waals surface area (Å²) in [6, 6.07) is 6.25. The van der Waals surface area contributed by atoms with Gasteiger partial charge in [0.15, 0.2) is 0 Å². The zero-order valence-electron chi connectivity index (χ0n) is 7.97. The van der Waals surface area contributed by atoms with Crippen molar-refractivity contribution in [3.8, 4) is 0 Å². The zero-order valence-corrected chi connectivity index (χ0v) is 10.4. The van der Waals surface area contributed by atoms with Crippen molar-refractivity contribution in [3.05, 3.63) is 29.8 Å². The number of Topliss-reactive ketones (excluding diaryl/α,β-unsaturated/α-hetero) is 1. The van der Waals surface area contributed by atoms with Crippen molar-refractivity contribution in [1.82, 2.24) is 0 Å². The second-order valence-electron chi connectivity index (χ2n) is 2.79. The number of rotatable bonds is 4. The van der Waals surface area contributed by atoms with Crippen molar-refractivity contribution in [1.29, 1.82) is 0 Å². The molecule has 0 N–H and O–H groups in total. The molecule has 0 heterocycles. The Morgan fingerprint density at radius 1 is 1.53 bits per heavy atom. The van der Waals surface area contributed by atoms with E-state index in [9.17, 15) is 13.6 Å². The van der Waals surface area contributed by atoms with Gasteiger partial charge in [-0.15, -0.1) is 11.8 Å². The third-order valence-corrected chi connectivity index (χ3v) is 2.90. The maximum atomic E-state index is 12.7. The molecule has 0 fully saturated rings. The van der Waals surface area contributed by atoms with Crippen LogP contribution in [0.25, 0.3) is 0 Å². The Kier molecular flexibility index (Phi) is 4.28. The van der Waals surface area contributed by atoms with Crippen LogP contribution in [0.5, 0.6) is 0 Å². The molecule has 1 rings (SSSR count). The third kappa shape index (κ3) is 3.57. The van der Waals surface area contributed by atoms with Crippen LogP contribution in [0.3, 0.4) is 0 Å². The van der Waals surface area contributed by atoms with Gasteiger partial charge in [-0.05, 0) is 33.8 Å². The summed E-state index contributed by atoms with van der Waals surface area (Å²) in [6.45, 7) is 1.96. The van der Waals surface area contributed by atoms with E-state index < -0.39 is 10.6 Å². The first-order valence-electron chi connectivity index (χ1n) is 4.29. The molecule has 0 saturated heterocycles. The minimum absolute atomic E-state index is 0.0234. The van der Waals surface area contributed by atoms with Gasteiger partial charge >= 0.3 is 4.83 Å². The van der Waals surface area contributed by atoms with E-state index in [0.717, 1.165) is 10.6 Å². The molecule has 0 aliphatic heterocycles. The van der Waals surface area contributed by atoms with Crippen molar-refractivity contribution < 1.29 is 13.6 Å². The standard InChI is InChI=1S/C10H9BrF2OS/c1-2-15-8-5-3-4-7(6-8)9(14)10(11,12)13/h3-6H,2H2,1H3. The number of halogens is 3. The fourth-order valence-corrected chi connectivity index (χ4v) is 2.00. The molecule has 0 aromatic heterocycles. The Bertz CT molecular complexity index is 363. The van der Waals surface area contributed by atoms with Gasteiger partial charge in [0.25, 0.3) is 0 Å². The molecule has 0 spiro atoms. The minimum Gasteiger partial charge on any atom is -0.286 e. The minimum atomic E-state index is -3.48. The molecule has 0 radical (unpaired) electrons. The normalized spacial score (nSPS) is 11.5. The molecule has 0 saturated carbocycles. The van der Waals surface area contributed by atoms with Gasteiger partial charge in [0, 0.05) is 10.5 Å². The molecule has 0 aliphatic carbocycles. The summed E-state index contributed by atoms with van der Waals surface area (Å²) >= 11 is 3.56. The second-order valence-corrected chi connectivity index (χ2v) is 5.12. The Labute approximate surface area is 99.4 Å². The number of ketones is 1. The predicted molar refractivity (Wildman–Crippen MR) is 61.0 cm³/mol. The number of thioether (sulfide) groups is 1. The molecule has 0 unspecified atom stereocenters. The van der Waals surface area contributed by atoms with E-state index in [1.165, 1.54) is 23.9 Å². The van der Waals surface area contributed by atoms with Gasteiger partial charge in [0.1, 0.15) is 0 Å². The summed E-state index contributed by atoms with van der Waals surface area (Å²) in [5, 5.41) is 0. The lowest BCUT2D eigenvalue weighted by Crippen LogP contribution is -2.20. The molecule has 0 atom stereocenters. The summed E-state index contributed by atoms with van der Waals surface area (Å²) in [5.41, 5.74) is 0.0234. The fraction of sp³-hybridized carbons (Fsp3) is 0.300. The number of hydrogen-bond donors (Lipinski definition) is 0. The van der Waals surface area contributed by atoms with E-state index in [0.29, 0.717) is 0 Å². The van der Waals surface area contributed by atoms with Crippen LogP contribution >= 0.6 is 27.7 Å². The maximum Gasteiger partial charge on any atom is 0.363 e. The second kappa shape index (κ2) is 5.07. The van der Waals surface area contributed by atoms with Crippen LogP contribution in [0.15, 0.2) is 29.2 Å². The zero-order chi connectivity index (χ0) is 11.5. The first-order valence-corrected chi connectivity index (χ1v) is 6.07. The lowest BCUT2D eigenvalue weighted by atomic mass is 10.1. The average Bonchev–Trinajstić information content (AvgIpc) is 2.16. The largest absolute Gasteiger partial charge is 0.363 e. The van der Waals surface area contributed by atoms with Gasteiger partial charge in [-0.25, -0.2) is 0 Å². The quantitative estimate of drug-likeness (QED) is 0.475. The summed E-state index contributed by atoms with van der Waals surface area (Å²) in [4.78, 5) is 8.55. The van der Waals surface area contributed by atoms with Crippen molar-refractivity contribution >= 4 is 33.5 Å². The van der Waals surface area contributed by atoms with Crippen LogP contribution in [-0.4, -0.2) is 16.4 Å². The number of carbonyl (C=O) groups excluding carboxylic acids is 1. The van der Waals surface area contributed by atoms with Crippen LogP contribution in [0.4, 0.5) is 8.78 Å². The fourth-order valence-electron chi connectivity index (χ4n) is 1.06. The molecule has 0 bridgehead atoms. The van der Waals surface area contributed by atoms with E-state index >= 15 is 0 Å². The molecule has 5 heteroatoms. The van der Waals surface area contributed by atoms with Crippen molar-refractivity contribution in [2.24, 2.45) is 0 Å². The van der Waals surface area contributed by atoms with Crippen molar-refractivity contribution in [3.63, 3.8) is 0 Å². The van der Waals surface area contributed by atoms with Gasteiger partial charge < -0.3 is 0 Å². The van der Waals surface area contributed by atoms with Gasteiger partial charge in [-0.2, -0.15) is 8.78 Å². The van der Waals surface area contributed by atoms with Crippen molar-refractivity contribution in [2.45, 2.75) is 16.7 Å². The first kappa shape index (κ1) is 12.6. The van der Waals surface area contributed by atoms with E-state index in [1.54, 1.807) is 12.1 Å². The molecular weight excluding hydrogens is 286 g/mol. The average molecular weight is 295 g/mol. The third-order valence-electron chi connectivity index (χ3n) is 1.66. The van der Waals surface area contributed by atoms with Crippen LogP contribution in [0.2, 0.25) is 0 Å². The summed E-state index contributed by atoms with van der Waals surface area (Å²) < 4.78 is 25.4. The Morgan fingerprint density at radius 3 is 2.73 bits per heavy atom. The van der Waals surface area contributed by atoms with Gasteiger partial charge in [0.2, 0.25) is 5.78 Å². The highest BCUT2D eigenvalue weighted by molar-refractivity contribution is 9.10. The maximum absolute atomic E-state index is 12.7. The van der Waals surface area contributed by atoms with E-state index in [-0.39, 0.29) is 5.56 Å². The molecule has 1 nitrogen and oxygen atoms in total. The monoisotopic (exact) mass is 294 g/mol. The van der Waals surface area contributed by atoms with Crippen LogP contribution < -0.4 is 0 Å². The summed E-state index contributed by atoms with van der Waals surface area (Å²) in [7, 11) is 0. The molecule has 82 valence electrons. The summed E-state index contributed by atoms with van der Waals surface area (Å²) in [6.07, 6.45) is 0. The van der Waals surface area contributed by atoms with Crippen LogP contribution in [0.1, 0.15) is 17.3 Å². The highest BCUT2D eigenvalue weighted by atomic mass is 79.9. The first-order chi connectivity index (χ1) is 6.95. The van der Waals surface area contributed by atoms with E-state index in [2.05, 4.69) is 15.9 Å². The molecule has 0 aliphatic rings. The number of carbonyl (C=O) groups is 1. The SMILES string of the molecule is CCSc1cccc(C(=O)C(F)(F)Br)c1. The number of alkyl halides is 3. The van der Waals surface area contributed by atoms with Gasteiger partial charge in [0.05, 0.1) is 0 Å². The van der Waals surface area contributed by atoms with Gasteiger partial charge in [-0.1, -0.05) is 19.1 Å². The lowest BCUT2D eigenvalue weighted by molar-refractivity contribution is 0.0592. The Hall–Kier alpha value is -0.420. The highest BCUT2D eigenvalue weighted by Gasteiger charge is 2.35. The molecule has 1 aromatic rings. The molecule has 1 aromatic carbocycles. The molecule has 15 heavy (non-hydrogen) atoms. The smallest absolute Gasteiger partial charge is 0.286 e. The van der Waals surface area contributed by atoms with E-state index in [4.69, 9.17) is 0 Å². The number of hydrogen-bond acceptors (Lipinski definition) is 2. The van der Waals surface area contributed by atoms with E-state index in [1.807, 2.05) is 6.92 Å². The van der Waals surface area contributed by atoms with Crippen LogP contribution in [-0.2, 0) is 0 Å². The molecular formula is C10H9BrF2OS. The summed E-state index contributed by atoms with van der Waals surface area (Å²) in [5.74, 6) is -0.372. The Balaban J connectivity index is 2.95. The topological polar surface area (TPSA) is 17.1 Å². The predicted octanol–water partition coefficient (Wildman–Crippen LogP) is 3.97. The van der Waals surface area contributed by atoms with Crippen LogP contribution in [0, 0.1) is 0 Å². The van der Waals surface area contributed by atoms with Crippen molar-refractivity contribution in [2.75, 3.05) is 5.75 Å². The lowest BCUT2D eigenvalue weighted by Gasteiger charge is -2.07. The highest BCUT2D eigenvalue weighted by Crippen LogP contribution is 2.28. The Morgan fingerprint density at radius 2 is 2.20 bits per heavy atom.